The molecule has 12 heavy (non-hydrogen) atoms. The summed E-state index contributed by atoms with van der Waals surface area (Å²) in [5.74, 6) is 0. The van der Waals surface area contributed by atoms with E-state index < -0.39 is 6.10 Å². The third-order valence-corrected chi connectivity index (χ3v) is 1.40. The van der Waals surface area contributed by atoms with Crippen LogP contribution in [-0.2, 0) is 14.3 Å². The average molecular weight is 163 g/mol. The summed E-state index contributed by atoms with van der Waals surface area (Å²) in [5.41, 5.74) is 0.625. The summed E-state index contributed by atoms with van der Waals surface area (Å²) in [7, 11) is 0. The lowest BCUT2D eigenvalue weighted by Gasteiger charge is -2.05. The zero-order chi connectivity index (χ0) is 8.81. The SMILES string of the molecule is O=[C]C(OC=O)c1ccccc1. The van der Waals surface area contributed by atoms with E-state index in [0.29, 0.717) is 5.56 Å². The fourth-order valence-corrected chi connectivity index (χ4v) is 0.858. The summed E-state index contributed by atoms with van der Waals surface area (Å²) >= 11 is 0. The van der Waals surface area contributed by atoms with Crippen LogP contribution in [0.15, 0.2) is 30.3 Å². The van der Waals surface area contributed by atoms with E-state index in [4.69, 9.17) is 0 Å². The molecule has 0 aliphatic rings. The molecule has 0 heterocycles. The third kappa shape index (κ3) is 1.92. The Kier molecular flexibility index (Phi) is 3.02. The van der Waals surface area contributed by atoms with Crippen LogP contribution in [0.5, 0.6) is 0 Å². The maximum absolute atomic E-state index is 10.3. The van der Waals surface area contributed by atoms with E-state index in [9.17, 15) is 9.59 Å². The zero-order valence-electron chi connectivity index (χ0n) is 6.27. The number of hydrogen-bond acceptors (Lipinski definition) is 3. The van der Waals surface area contributed by atoms with E-state index >= 15 is 0 Å². The number of benzene rings is 1. The molecule has 1 rings (SSSR count). The molecular weight excluding hydrogens is 156 g/mol. The van der Waals surface area contributed by atoms with Crippen LogP contribution in [0.1, 0.15) is 11.7 Å². The molecule has 1 unspecified atom stereocenters. The minimum absolute atomic E-state index is 0.239. The number of carbonyl (C=O) groups excluding carboxylic acids is 2. The Hall–Kier alpha value is -1.64. The van der Waals surface area contributed by atoms with Crippen LogP contribution in [0.3, 0.4) is 0 Å². The van der Waals surface area contributed by atoms with Crippen molar-refractivity contribution in [2.75, 3.05) is 0 Å². The van der Waals surface area contributed by atoms with Crippen molar-refractivity contribution in [3.63, 3.8) is 0 Å². The van der Waals surface area contributed by atoms with Gasteiger partial charge in [0.15, 0.2) is 6.10 Å². The highest BCUT2D eigenvalue weighted by Crippen LogP contribution is 2.12. The fourth-order valence-electron chi connectivity index (χ4n) is 0.858. The first-order chi connectivity index (χ1) is 5.88. The van der Waals surface area contributed by atoms with Crippen molar-refractivity contribution in [2.24, 2.45) is 0 Å². The van der Waals surface area contributed by atoms with Gasteiger partial charge in [-0.25, -0.2) is 0 Å². The van der Waals surface area contributed by atoms with Gasteiger partial charge in [0.2, 0.25) is 6.29 Å². The Labute approximate surface area is 70.0 Å². The van der Waals surface area contributed by atoms with E-state index in [-0.39, 0.29) is 6.47 Å². The maximum Gasteiger partial charge on any atom is 0.294 e. The lowest BCUT2D eigenvalue weighted by Crippen LogP contribution is -2.03. The Morgan fingerprint density at radius 1 is 1.33 bits per heavy atom. The van der Waals surface area contributed by atoms with Crippen molar-refractivity contribution < 1.29 is 14.3 Å². The summed E-state index contributed by atoms with van der Waals surface area (Å²) in [6.45, 7) is 0.239. The molecule has 1 atom stereocenters. The summed E-state index contributed by atoms with van der Waals surface area (Å²) in [6, 6.07) is 8.71. The second-order valence-corrected chi connectivity index (χ2v) is 2.14. The largest absolute Gasteiger partial charge is 0.451 e. The first-order valence-electron chi connectivity index (χ1n) is 3.40. The van der Waals surface area contributed by atoms with Gasteiger partial charge in [0.1, 0.15) is 0 Å². The molecule has 3 nitrogen and oxygen atoms in total. The van der Waals surface area contributed by atoms with Crippen molar-refractivity contribution in [3.8, 4) is 0 Å². The van der Waals surface area contributed by atoms with Crippen LogP contribution in [-0.4, -0.2) is 12.8 Å². The molecule has 1 radical (unpaired) electrons. The van der Waals surface area contributed by atoms with Crippen LogP contribution >= 0.6 is 0 Å². The van der Waals surface area contributed by atoms with Gasteiger partial charge < -0.3 is 4.74 Å². The molecule has 0 saturated carbocycles. The van der Waals surface area contributed by atoms with Crippen LogP contribution in [0, 0.1) is 0 Å². The Morgan fingerprint density at radius 3 is 2.50 bits per heavy atom. The van der Waals surface area contributed by atoms with Gasteiger partial charge in [-0.1, -0.05) is 30.3 Å². The Morgan fingerprint density at radius 2 is 2.00 bits per heavy atom. The van der Waals surface area contributed by atoms with Crippen LogP contribution in [0.25, 0.3) is 0 Å². The van der Waals surface area contributed by atoms with Gasteiger partial charge in [0.05, 0.1) is 0 Å². The van der Waals surface area contributed by atoms with E-state index in [2.05, 4.69) is 4.74 Å². The van der Waals surface area contributed by atoms with Crippen LogP contribution in [0.2, 0.25) is 0 Å². The second-order valence-electron chi connectivity index (χ2n) is 2.14. The van der Waals surface area contributed by atoms with Gasteiger partial charge in [0, 0.05) is 5.56 Å². The maximum atomic E-state index is 10.3. The van der Waals surface area contributed by atoms with Crippen molar-refractivity contribution in [2.45, 2.75) is 6.10 Å². The standard InChI is InChI=1S/C9H7O3/c10-6-9(12-7-11)8-4-2-1-3-5-8/h1-5,7,9H. The third-order valence-electron chi connectivity index (χ3n) is 1.40. The number of rotatable bonds is 4. The van der Waals surface area contributed by atoms with Crippen molar-refractivity contribution in [1.82, 2.24) is 0 Å². The minimum atomic E-state index is -0.899. The molecule has 0 aliphatic heterocycles. The molecule has 1 aromatic carbocycles. The van der Waals surface area contributed by atoms with E-state index in [0.717, 1.165) is 0 Å². The van der Waals surface area contributed by atoms with Gasteiger partial charge in [-0.05, 0) is 0 Å². The minimum Gasteiger partial charge on any atom is -0.451 e. The lowest BCUT2D eigenvalue weighted by atomic mass is 10.1. The lowest BCUT2D eigenvalue weighted by molar-refractivity contribution is -0.131. The molecule has 0 N–H and O–H groups in total. The van der Waals surface area contributed by atoms with Gasteiger partial charge in [0.25, 0.3) is 6.47 Å². The van der Waals surface area contributed by atoms with E-state index in [1.807, 2.05) is 6.07 Å². The van der Waals surface area contributed by atoms with Gasteiger partial charge >= 0.3 is 0 Å². The highest BCUT2D eigenvalue weighted by molar-refractivity contribution is 5.63. The fraction of sp³-hybridized carbons (Fsp3) is 0.111. The zero-order valence-corrected chi connectivity index (χ0v) is 6.27. The molecular formula is C9H7O3. The molecule has 0 bridgehead atoms. The molecule has 0 fully saturated rings. The number of carbonyl (C=O) groups is 1. The molecule has 1 aromatic rings. The van der Waals surface area contributed by atoms with Crippen molar-refractivity contribution in [1.29, 1.82) is 0 Å². The smallest absolute Gasteiger partial charge is 0.294 e. The van der Waals surface area contributed by atoms with Crippen molar-refractivity contribution in [3.05, 3.63) is 35.9 Å². The summed E-state index contributed by atoms with van der Waals surface area (Å²) < 4.78 is 4.47. The predicted octanol–water partition coefficient (Wildman–Crippen LogP) is 1.01. The molecule has 3 heteroatoms. The first kappa shape index (κ1) is 8.46. The number of hydrogen-bond donors (Lipinski definition) is 0. The van der Waals surface area contributed by atoms with Gasteiger partial charge in [-0.3, -0.25) is 9.59 Å². The van der Waals surface area contributed by atoms with Crippen LogP contribution < -0.4 is 0 Å². The van der Waals surface area contributed by atoms with Crippen molar-refractivity contribution >= 4 is 12.8 Å². The summed E-state index contributed by atoms with van der Waals surface area (Å²) in [5, 5.41) is 0. The topological polar surface area (TPSA) is 43.4 Å². The molecule has 61 valence electrons. The van der Waals surface area contributed by atoms with E-state index in [1.54, 1.807) is 30.6 Å². The molecule has 0 spiro atoms. The highest BCUT2D eigenvalue weighted by atomic mass is 16.5. The monoisotopic (exact) mass is 163 g/mol. The normalized spacial score (nSPS) is 11.7. The second kappa shape index (κ2) is 4.28. The summed E-state index contributed by atoms with van der Waals surface area (Å²) in [4.78, 5) is 20.2. The molecule has 0 saturated heterocycles. The Bertz CT molecular complexity index is 256. The van der Waals surface area contributed by atoms with Gasteiger partial charge in [-0.15, -0.1) is 0 Å². The molecule has 0 aliphatic carbocycles. The molecule has 0 amide bonds. The first-order valence-corrected chi connectivity index (χ1v) is 3.40. The van der Waals surface area contributed by atoms with Crippen LogP contribution in [0.4, 0.5) is 0 Å². The summed E-state index contributed by atoms with van der Waals surface area (Å²) in [6.07, 6.45) is 0.716. The van der Waals surface area contributed by atoms with Gasteiger partial charge in [-0.2, -0.15) is 0 Å². The Balaban J connectivity index is 2.79. The molecule has 0 aromatic heterocycles. The highest BCUT2D eigenvalue weighted by Gasteiger charge is 2.10. The average Bonchev–Trinajstić information content (AvgIpc) is 2.15. The predicted molar refractivity (Wildman–Crippen MR) is 42.0 cm³/mol. The number of ether oxygens (including phenoxy) is 1. The quantitative estimate of drug-likeness (QED) is 0.622. The van der Waals surface area contributed by atoms with E-state index in [1.165, 1.54) is 0 Å².